The van der Waals surface area contributed by atoms with Crippen LogP contribution in [0.4, 0.5) is 0 Å². The van der Waals surface area contributed by atoms with Gasteiger partial charge in [-0.25, -0.2) is 4.79 Å². The third kappa shape index (κ3) is 2.04. The molecule has 0 aromatic carbocycles. The number of aliphatic hydroxyl groups excluding tert-OH is 2. The number of aryl methyl sites for hydroxylation is 1. The van der Waals surface area contributed by atoms with Gasteiger partial charge in [0.15, 0.2) is 0 Å². The van der Waals surface area contributed by atoms with E-state index in [1.807, 2.05) is 11.9 Å². The molecule has 0 unspecified atom stereocenters. The standard InChI is InChI=1S/C14H20N2O4/c1-15-5-3-4-9(15)14(19)20-13-11-7-8(17)6-10(12(13)18)16(11)2/h3-5,8,10-13,17-18H,6-7H2,1-2H3/t8-,10+,11-,12+,13+/m0/s1. The maximum absolute atomic E-state index is 12.2. The number of carbonyl (C=O) groups excluding carboxylic acids is 1. The van der Waals surface area contributed by atoms with Crippen molar-refractivity contribution in [3.05, 3.63) is 24.0 Å². The molecule has 2 aliphatic heterocycles. The van der Waals surface area contributed by atoms with E-state index in [-0.39, 0.29) is 12.1 Å². The summed E-state index contributed by atoms with van der Waals surface area (Å²) in [5.74, 6) is -0.433. The number of fused-ring (bicyclic) bond motifs is 2. The first-order valence-corrected chi connectivity index (χ1v) is 6.89. The van der Waals surface area contributed by atoms with Crippen molar-refractivity contribution in [2.75, 3.05) is 7.05 Å². The van der Waals surface area contributed by atoms with Crippen LogP contribution in [0.3, 0.4) is 0 Å². The number of aromatic nitrogens is 1. The van der Waals surface area contributed by atoms with Gasteiger partial charge in [-0.2, -0.15) is 0 Å². The zero-order chi connectivity index (χ0) is 14.4. The highest BCUT2D eigenvalue weighted by molar-refractivity contribution is 5.87. The topological polar surface area (TPSA) is 74.9 Å². The lowest BCUT2D eigenvalue weighted by atomic mass is 10.0. The summed E-state index contributed by atoms with van der Waals surface area (Å²) in [4.78, 5) is 14.2. The number of aliphatic hydroxyl groups is 2. The number of nitrogens with zero attached hydrogens (tertiary/aromatic N) is 2. The van der Waals surface area contributed by atoms with Gasteiger partial charge in [-0.3, -0.25) is 4.90 Å². The second-order valence-electron chi connectivity index (χ2n) is 5.79. The Labute approximate surface area is 117 Å². The Kier molecular flexibility index (Phi) is 3.32. The van der Waals surface area contributed by atoms with Crippen LogP contribution in [-0.2, 0) is 11.8 Å². The minimum Gasteiger partial charge on any atom is -0.453 e. The maximum Gasteiger partial charge on any atom is 0.355 e. The van der Waals surface area contributed by atoms with Crippen LogP contribution in [0.5, 0.6) is 0 Å². The molecule has 3 rings (SSSR count). The van der Waals surface area contributed by atoms with E-state index in [4.69, 9.17) is 4.74 Å². The van der Waals surface area contributed by atoms with Crippen molar-refractivity contribution in [3.63, 3.8) is 0 Å². The van der Waals surface area contributed by atoms with E-state index in [1.54, 1.807) is 29.9 Å². The molecule has 5 atom stereocenters. The molecule has 0 saturated carbocycles. The van der Waals surface area contributed by atoms with Gasteiger partial charge >= 0.3 is 5.97 Å². The Morgan fingerprint density at radius 3 is 2.65 bits per heavy atom. The smallest absolute Gasteiger partial charge is 0.355 e. The third-order valence-electron chi connectivity index (χ3n) is 4.58. The number of likely N-dealkylation sites (N-methyl/N-ethyl adjacent to an activating group) is 1. The van der Waals surface area contributed by atoms with E-state index in [0.29, 0.717) is 18.5 Å². The summed E-state index contributed by atoms with van der Waals surface area (Å²) in [6.45, 7) is 0. The largest absolute Gasteiger partial charge is 0.453 e. The molecular weight excluding hydrogens is 260 g/mol. The summed E-state index contributed by atoms with van der Waals surface area (Å²) in [7, 11) is 3.68. The number of ether oxygens (including phenoxy) is 1. The number of carbonyl (C=O) groups is 1. The van der Waals surface area contributed by atoms with Gasteiger partial charge in [-0.05, 0) is 32.0 Å². The molecule has 0 spiro atoms. The van der Waals surface area contributed by atoms with Crippen LogP contribution in [0, 0.1) is 0 Å². The molecule has 2 fully saturated rings. The molecule has 2 bridgehead atoms. The SMILES string of the molecule is CN1[C@@H]2C[C@H](O)C[C@H]1[C@@H](OC(=O)c1cccn1C)[C@@H]2O. The van der Waals surface area contributed by atoms with Gasteiger partial charge in [-0.15, -0.1) is 0 Å². The van der Waals surface area contributed by atoms with Crippen LogP contribution in [0.25, 0.3) is 0 Å². The number of hydrogen-bond donors (Lipinski definition) is 2. The molecule has 2 N–H and O–H groups in total. The lowest BCUT2D eigenvalue weighted by Crippen LogP contribution is -2.45. The van der Waals surface area contributed by atoms with Crippen molar-refractivity contribution in [1.29, 1.82) is 0 Å². The van der Waals surface area contributed by atoms with E-state index in [0.717, 1.165) is 0 Å². The molecule has 2 aliphatic rings. The van der Waals surface area contributed by atoms with Gasteiger partial charge in [0.25, 0.3) is 0 Å². The van der Waals surface area contributed by atoms with Crippen LogP contribution >= 0.6 is 0 Å². The summed E-state index contributed by atoms with van der Waals surface area (Å²) in [5.41, 5.74) is 0.460. The van der Waals surface area contributed by atoms with Crippen molar-refractivity contribution in [1.82, 2.24) is 9.47 Å². The van der Waals surface area contributed by atoms with E-state index >= 15 is 0 Å². The Bertz CT molecular complexity index is 515. The maximum atomic E-state index is 12.2. The average Bonchev–Trinajstić information content (AvgIpc) is 2.87. The quantitative estimate of drug-likeness (QED) is 0.731. The molecule has 2 saturated heterocycles. The number of rotatable bonds is 2. The predicted molar refractivity (Wildman–Crippen MR) is 71.2 cm³/mol. The monoisotopic (exact) mass is 280 g/mol. The minimum absolute atomic E-state index is 0.122. The van der Waals surface area contributed by atoms with Gasteiger partial charge in [0, 0.05) is 19.3 Å². The fraction of sp³-hybridized carbons (Fsp3) is 0.643. The highest BCUT2D eigenvalue weighted by Crippen LogP contribution is 2.36. The zero-order valence-corrected chi connectivity index (χ0v) is 11.6. The third-order valence-corrected chi connectivity index (χ3v) is 4.58. The molecule has 3 heterocycles. The molecular formula is C14H20N2O4. The number of esters is 1. The Morgan fingerprint density at radius 1 is 1.30 bits per heavy atom. The first-order valence-electron chi connectivity index (χ1n) is 6.89. The molecule has 0 radical (unpaired) electrons. The van der Waals surface area contributed by atoms with Crippen LogP contribution in [0.1, 0.15) is 23.3 Å². The fourth-order valence-electron chi connectivity index (χ4n) is 3.43. The lowest BCUT2D eigenvalue weighted by molar-refractivity contribution is -0.0135. The first-order chi connectivity index (χ1) is 9.49. The van der Waals surface area contributed by atoms with E-state index in [9.17, 15) is 15.0 Å². The minimum atomic E-state index is -0.744. The molecule has 1 aromatic rings. The summed E-state index contributed by atoms with van der Waals surface area (Å²) >= 11 is 0. The van der Waals surface area contributed by atoms with Crippen molar-refractivity contribution in [2.45, 2.75) is 43.2 Å². The normalized spacial score (nSPS) is 37.1. The highest BCUT2D eigenvalue weighted by atomic mass is 16.6. The predicted octanol–water partition coefficient (Wildman–Crippen LogP) is -0.251. The van der Waals surface area contributed by atoms with Gasteiger partial charge in [0.05, 0.1) is 12.1 Å². The van der Waals surface area contributed by atoms with Crippen molar-refractivity contribution < 1.29 is 19.7 Å². The number of piperidine rings is 1. The van der Waals surface area contributed by atoms with Crippen LogP contribution in [-0.4, -0.2) is 63.1 Å². The molecule has 6 nitrogen and oxygen atoms in total. The average molecular weight is 280 g/mol. The molecule has 0 aliphatic carbocycles. The Morgan fingerprint density at radius 2 is 2.00 bits per heavy atom. The Balaban J connectivity index is 1.78. The van der Waals surface area contributed by atoms with Crippen LogP contribution in [0.15, 0.2) is 18.3 Å². The first kappa shape index (κ1) is 13.6. The molecule has 6 heteroatoms. The van der Waals surface area contributed by atoms with Crippen LogP contribution in [0.2, 0.25) is 0 Å². The number of hydrogen-bond acceptors (Lipinski definition) is 5. The summed E-state index contributed by atoms with van der Waals surface area (Å²) < 4.78 is 7.21. The van der Waals surface area contributed by atoms with E-state index < -0.39 is 24.3 Å². The molecule has 110 valence electrons. The summed E-state index contributed by atoms with van der Waals surface area (Å²) in [6.07, 6.45) is 1.06. The van der Waals surface area contributed by atoms with Gasteiger partial charge in [0.1, 0.15) is 17.9 Å². The van der Waals surface area contributed by atoms with Crippen molar-refractivity contribution >= 4 is 5.97 Å². The van der Waals surface area contributed by atoms with Gasteiger partial charge in [0.2, 0.25) is 0 Å². The van der Waals surface area contributed by atoms with Gasteiger partial charge in [-0.1, -0.05) is 0 Å². The lowest BCUT2D eigenvalue weighted by Gasteiger charge is -2.34. The fourth-order valence-corrected chi connectivity index (χ4v) is 3.43. The van der Waals surface area contributed by atoms with Crippen LogP contribution < -0.4 is 0 Å². The van der Waals surface area contributed by atoms with Crippen molar-refractivity contribution in [2.24, 2.45) is 7.05 Å². The second-order valence-corrected chi connectivity index (χ2v) is 5.79. The summed E-state index contributed by atoms with van der Waals surface area (Å²) in [5, 5.41) is 20.1. The highest BCUT2D eigenvalue weighted by Gasteiger charge is 2.52. The second kappa shape index (κ2) is 4.87. The zero-order valence-electron chi connectivity index (χ0n) is 11.6. The molecule has 1 aromatic heterocycles. The molecule has 20 heavy (non-hydrogen) atoms. The van der Waals surface area contributed by atoms with Gasteiger partial charge < -0.3 is 19.5 Å². The summed E-state index contributed by atoms with van der Waals surface area (Å²) in [6, 6.07) is 3.20. The molecule has 0 amide bonds. The van der Waals surface area contributed by atoms with E-state index in [1.165, 1.54) is 0 Å². The van der Waals surface area contributed by atoms with Crippen molar-refractivity contribution in [3.8, 4) is 0 Å². The Hall–Kier alpha value is -1.37. The van der Waals surface area contributed by atoms with E-state index in [2.05, 4.69) is 0 Å².